The monoisotopic (exact) mass is 458 g/mol. The molecule has 0 amide bonds. The Morgan fingerprint density at radius 3 is 2.38 bits per heavy atom. The molecule has 2 rings (SSSR count). The van der Waals surface area contributed by atoms with Crippen LogP contribution >= 0.6 is 38.5 Å². The van der Waals surface area contributed by atoms with Crippen LogP contribution in [-0.2, 0) is 5.41 Å². The zero-order valence-electron chi connectivity index (χ0n) is 12.1. The molecular weight excluding hydrogens is 443 g/mol. The van der Waals surface area contributed by atoms with E-state index in [0.29, 0.717) is 11.3 Å². The summed E-state index contributed by atoms with van der Waals surface area (Å²) >= 11 is 5.61. The van der Waals surface area contributed by atoms with Gasteiger partial charge in [0.1, 0.15) is 5.75 Å². The van der Waals surface area contributed by atoms with E-state index in [9.17, 15) is 4.79 Å². The molecule has 0 saturated carbocycles. The molecule has 0 aromatic heterocycles. The van der Waals surface area contributed by atoms with Crippen molar-refractivity contribution in [3.63, 3.8) is 0 Å². The summed E-state index contributed by atoms with van der Waals surface area (Å²) in [6.07, 6.45) is 0. The van der Waals surface area contributed by atoms with Gasteiger partial charge in [0.25, 0.3) is 0 Å². The summed E-state index contributed by atoms with van der Waals surface area (Å²) in [5, 5.41) is 0. The first-order chi connectivity index (χ1) is 9.79. The van der Waals surface area contributed by atoms with Crippen molar-refractivity contribution in [1.29, 1.82) is 0 Å². The zero-order valence-corrected chi connectivity index (χ0v) is 15.9. The van der Waals surface area contributed by atoms with E-state index in [0.717, 1.165) is 8.04 Å². The lowest BCUT2D eigenvalue weighted by atomic mass is 9.87. The van der Waals surface area contributed by atoms with Gasteiger partial charge >= 0.3 is 5.97 Å². The van der Waals surface area contributed by atoms with E-state index in [1.165, 1.54) is 5.56 Å². The maximum absolute atomic E-state index is 12.2. The third-order valence-corrected chi connectivity index (χ3v) is 4.65. The van der Waals surface area contributed by atoms with Crippen molar-refractivity contribution < 1.29 is 9.53 Å². The van der Waals surface area contributed by atoms with Crippen molar-refractivity contribution >= 4 is 44.5 Å². The fraction of sp³-hybridized carbons (Fsp3) is 0.235. The summed E-state index contributed by atoms with van der Waals surface area (Å²) in [7, 11) is 0. The molecule has 0 fully saturated rings. The second-order valence-electron chi connectivity index (χ2n) is 5.76. The highest BCUT2D eigenvalue weighted by Gasteiger charge is 2.17. The first-order valence-electron chi connectivity index (χ1n) is 6.56. The highest BCUT2D eigenvalue weighted by Crippen LogP contribution is 2.32. The standard InChI is InChI=1S/C17H16BrIO2/c1-17(2,3)11-8-9-15(13(18)10-11)21-16(20)12-6-4-5-7-14(12)19/h4-10H,1-3H3. The number of ether oxygens (including phenoxy) is 1. The molecule has 2 nitrogen and oxygen atoms in total. The number of hydrogen-bond donors (Lipinski definition) is 0. The van der Waals surface area contributed by atoms with Gasteiger partial charge in [-0.2, -0.15) is 0 Å². The third-order valence-electron chi connectivity index (χ3n) is 3.09. The van der Waals surface area contributed by atoms with Crippen LogP contribution in [-0.4, -0.2) is 5.97 Å². The van der Waals surface area contributed by atoms with Gasteiger partial charge in [-0.3, -0.25) is 0 Å². The van der Waals surface area contributed by atoms with Crippen molar-refractivity contribution in [2.45, 2.75) is 26.2 Å². The van der Waals surface area contributed by atoms with Crippen LogP contribution in [0.15, 0.2) is 46.9 Å². The topological polar surface area (TPSA) is 26.3 Å². The maximum atomic E-state index is 12.2. The lowest BCUT2D eigenvalue weighted by Gasteiger charge is -2.20. The van der Waals surface area contributed by atoms with E-state index in [4.69, 9.17) is 4.74 Å². The van der Waals surface area contributed by atoms with E-state index in [1.54, 1.807) is 6.07 Å². The highest BCUT2D eigenvalue weighted by molar-refractivity contribution is 14.1. The van der Waals surface area contributed by atoms with Crippen LogP contribution in [0.25, 0.3) is 0 Å². The molecule has 0 atom stereocenters. The molecule has 0 N–H and O–H groups in total. The largest absolute Gasteiger partial charge is 0.422 e. The van der Waals surface area contributed by atoms with Crippen molar-refractivity contribution in [3.05, 3.63) is 61.6 Å². The number of esters is 1. The Morgan fingerprint density at radius 2 is 1.81 bits per heavy atom. The number of rotatable bonds is 2. The first-order valence-corrected chi connectivity index (χ1v) is 8.43. The van der Waals surface area contributed by atoms with Crippen molar-refractivity contribution in [2.24, 2.45) is 0 Å². The Kier molecular flexibility index (Phi) is 5.09. The van der Waals surface area contributed by atoms with Crippen molar-refractivity contribution in [3.8, 4) is 5.75 Å². The Hall–Kier alpha value is -0.880. The van der Waals surface area contributed by atoms with E-state index < -0.39 is 0 Å². The van der Waals surface area contributed by atoms with Crippen LogP contribution < -0.4 is 4.74 Å². The minimum Gasteiger partial charge on any atom is -0.422 e. The molecule has 0 aliphatic rings. The molecule has 2 aromatic rings. The summed E-state index contributed by atoms with van der Waals surface area (Å²) in [6.45, 7) is 6.44. The Bertz CT molecular complexity index is 675. The maximum Gasteiger partial charge on any atom is 0.344 e. The molecule has 0 aliphatic heterocycles. The summed E-state index contributed by atoms with van der Waals surface area (Å²) in [5.41, 5.74) is 1.81. The summed E-state index contributed by atoms with van der Waals surface area (Å²) in [5.74, 6) is 0.192. The summed E-state index contributed by atoms with van der Waals surface area (Å²) in [4.78, 5) is 12.2. The van der Waals surface area contributed by atoms with Gasteiger partial charge in [-0.05, 0) is 73.8 Å². The van der Waals surface area contributed by atoms with Gasteiger partial charge < -0.3 is 4.74 Å². The number of benzene rings is 2. The van der Waals surface area contributed by atoms with Crippen molar-refractivity contribution in [1.82, 2.24) is 0 Å². The zero-order chi connectivity index (χ0) is 15.6. The lowest BCUT2D eigenvalue weighted by molar-refractivity contribution is 0.0732. The minimum atomic E-state index is -0.343. The van der Waals surface area contributed by atoms with Crippen LogP contribution in [0.1, 0.15) is 36.7 Å². The summed E-state index contributed by atoms with van der Waals surface area (Å²) in [6, 6.07) is 13.2. The predicted molar refractivity (Wildman–Crippen MR) is 97.0 cm³/mol. The number of carbonyl (C=O) groups excluding carboxylic acids is 1. The molecule has 2 aromatic carbocycles. The molecule has 21 heavy (non-hydrogen) atoms. The molecule has 0 unspecified atom stereocenters. The van der Waals surface area contributed by atoms with Gasteiger partial charge in [0.15, 0.2) is 0 Å². The molecule has 0 spiro atoms. The number of hydrogen-bond acceptors (Lipinski definition) is 2. The Morgan fingerprint density at radius 1 is 1.14 bits per heavy atom. The highest BCUT2D eigenvalue weighted by atomic mass is 127. The number of carbonyl (C=O) groups is 1. The second kappa shape index (κ2) is 6.48. The molecule has 0 radical (unpaired) electrons. The molecule has 110 valence electrons. The predicted octanol–water partition coefficient (Wildman–Crippen LogP) is 5.57. The van der Waals surface area contributed by atoms with E-state index in [-0.39, 0.29) is 11.4 Å². The third kappa shape index (κ3) is 4.07. The SMILES string of the molecule is CC(C)(C)c1ccc(OC(=O)c2ccccc2I)c(Br)c1. The van der Waals surface area contributed by atoms with Crippen LogP contribution in [0.3, 0.4) is 0 Å². The van der Waals surface area contributed by atoms with Gasteiger partial charge in [-0.15, -0.1) is 0 Å². The van der Waals surface area contributed by atoms with Crippen LogP contribution in [0.4, 0.5) is 0 Å². The first kappa shape index (κ1) is 16.5. The van der Waals surface area contributed by atoms with Gasteiger partial charge in [0.2, 0.25) is 0 Å². The van der Waals surface area contributed by atoms with Crippen LogP contribution in [0.2, 0.25) is 0 Å². The Labute approximate surface area is 147 Å². The quantitative estimate of drug-likeness (QED) is 0.334. The van der Waals surface area contributed by atoms with Gasteiger partial charge in [-0.1, -0.05) is 39.0 Å². The molecule has 4 heteroatoms. The van der Waals surface area contributed by atoms with Crippen molar-refractivity contribution in [2.75, 3.05) is 0 Å². The van der Waals surface area contributed by atoms with Gasteiger partial charge in [-0.25, -0.2) is 4.79 Å². The molecular formula is C17H16BrIO2. The minimum absolute atomic E-state index is 0.0554. The van der Waals surface area contributed by atoms with Crippen LogP contribution in [0.5, 0.6) is 5.75 Å². The van der Waals surface area contributed by atoms with E-state index in [1.807, 2.05) is 36.4 Å². The van der Waals surface area contributed by atoms with E-state index in [2.05, 4.69) is 59.3 Å². The molecule has 0 bridgehead atoms. The fourth-order valence-electron chi connectivity index (χ4n) is 1.83. The lowest BCUT2D eigenvalue weighted by Crippen LogP contribution is -2.13. The number of halogens is 2. The van der Waals surface area contributed by atoms with Gasteiger partial charge in [0, 0.05) is 3.57 Å². The second-order valence-corrected chi connectivity index (χ2v) is 7.78. The molecule has 0 aliphatic carbocycles. The van der Waals surface area contributed by atoms with Crippen LogP contribution in [0, 0.1) is 3.57 Å². The summed E-state index contributed by atoms with van der Waals surface area (Å²) < 4.78 is 7.15. The smallest absolute Gasteiger partial charge is 0.344 e. The normalized spacial score (nSPS) is 11.3. The van der Waals surface area contributed by atoms with E-state index >= 15 is 0 Å². The molecule has 0 saturated heterocycles. The fourth-order valence-corrected chi connectivity index (χ4v) is 2.90. The average Bonchev–Trinajstić information content (AvgIpc) is 2.40. The van der Waals surface area contributed by atoms with Gasteiger partial charge in [0.05, 0.1) is 10.0 Å². The average molecular weight is 459 g/mol. The molecule has 0 heterocycles. The Balaban J connectivity index is 2.25.